The summed E-state index contributed by atoms with van der Waals surface area (Å²) < 4.78 is 0. The van der Waals surface area contributed by atoms with Crippen molar-refractivity contribution in [3.8, 4) is 0 Å². The van der Waals surface area contributed by atoms with E-state index in [1.807, 2.05) is 11.8 Å². The highest BCUT2D eigenvalue weighted by atomic mass is 32.2. The van der Waals surface area contributed by atoms with E-state index < -0.39 is 0 Å². The van der Waals surface area contributed by atoms with Gasteiger partial charge in [0.1, 0.15) is 0 Å². The van der Waals surface area contributed by atoms with E-state index in [0.717, 1.165) is 24.4 Å². The van der Waals surface area contributed by atoms with Crippen molar-refractivity contribution in [2.75, 3.05) is 25.9 Å². The summed E-state index contributed by atoms with van der Waals surface area (Å²) in [6, 6.07) is 9.62. The average Bonchev–Trinajstić information content (AvgIpc) is 2.86. The molecule has 2 nitrogen and oxygen atoms in total. The highest BCUT2D eigenvalue weighted by molar-refractivity contribution is 7.99. The van der Waals surface area contributed by atoms with Gasteiger partial charge in [0.2, 0.25) is 0 Å². The lowest BCUT2D eigenvalue weighted by atomic mass is 9.98. The standard InChI is InChI=1S/C14H20N2S/c1-17-14-9-15-8-13(14)16-7-6-11-4-2-3-5-12(11)10-16/h2-5,13-15H,6-10H2,1H3. The Balaban J connectivity index is 1.75. The summed E-state index contributed by atoms with van der Waals surface area (Å²) in [6.45, 7) is 4.69. The maximum atomic E-state index is 3.53. The Labute approximate surface area is 108 Å². The summed E-state index contributed by atoms with van der Waals surface area (Å²) in [6.07, 6.45) is 3.45. The second-order valence-corrected chi connectivity index (χ2v) is 6.07. The molecule has 1 N–H and O–H groups in total. The molecule has 0 radical (unpaired) electrons. The fourth-order valence-corrected chi connectivity index (χ4v) is 3.91. The van der Waals surface area contributed by atoms with Gasteiger partial charge in [-0.15, -0.1) is 0 Å². The summed E-state index contributed by atoms with van der Waals surface area (Å²) in [7, 11) is 0. The number of nitrogens with zero attached hydrogens (tertiary/aromatic N) is 1. The van der Waals surface area contributed by atoms with Gasteiger partial charge in [-0.1, -0.05) is 24.3 Å². The zero-order chi connectivity index (χ0) is 11.7. The Kier molecular flexibility index (Phi) is 3.41. The zero-order valence-corrected chi connectivity index (χ0v) is 11.2. The molecule has 2 atom stereocenters. The number of hydrogen-bond donors (Lipinski definition) is 1. The Morgan fingerprint density at radius 1 is 1.24 bits per heavy atom. The molecule has 1 aromatic rings. The van der Waals surface area contributed by atoms with E-state index in [9.17, 15) is 0 Å². The second-order valence-electron chi connectivity index (χ2n) is 4.99. The lowest BCUT2D eigenvalue weighted by Gasteiger charge is -2.35. The number of hydrogen-bond acceptors (Lipinski definition) is 3. The molecule has 0 bridgehead atoms. The van der Waals surface area contributed by atoms with Crippen molar-refractivity contribution in [3.05, 3.63) is 35.4 Å². The average molecular weight is 248 g/mol. The van der Waals surface area contributed by atoms with Crippen molar-refractivity contribution >= 4 is 11.8 Å². The maximum absolute atomic E-state index is 3.53. The highest BCUT2D eigenvalue weighted by Crippen LogP contribution is 2.26. The van der Waals surface area contributed by atoms with Gasteiger partial charge in [-0.05, 0) is 23.8 Å². The third-order valence-electron chi connectivity index (χ3n) is 4.06. The first-order valence-electron chi connectivity index (χ1n) is 6.43. The Morgan fingerprint density at radius 3 is 2.88 bits per heavy atom. The molecule has 0 aromatic heterocycles. The van der Waals surface area contributed by atoms with Crippen LogP contribution in [0.3, 0.4) is 0 Å². The molecular weight excluding hydrogens is 228 g/mol. The minimum atomic E-state index is 0.721. The van der Waals surface area contributed by atoms with E-state index in [1.165, 1.54) is 25.1 Å². The largest absolute Gasteiger partial charge is 0.314 e. The van der Waals surface area contributed by atoms with Gasteiger partial charge in [0.25, 0.3) is 0 Å². The SMILES string of the molecule is CSC1CNCC1N1CCc2ccccc2C1. The van der Waals surface area contributed by atoms with E-state index >= 15 is 0 Å². The molecule has 0 spiro atoms. The molecule has 2 heterocycles. The zero-order valence-electron chi connectivity index (χ0n) is 10.4. The van der Waals surface area contributed by atoms with Crippen LogP contribution in [0, 0.1) is 0 Å². The van der Waals surface area contributed by atoms with E-state index in [0.29, 0.717) is 0 Å². The third kappa shape index (κ3) is 2.24. The topological polar surface area (TPSA) is 15.3 Å². The van der Waals surface area contributed by atoms with Crippen LogP contribution in [-0.2, 0) is 13.0 Å². The van der Waals surface area contributed by atoms with Crippen LogP contribution in [0.1, 0.15) is 11.1 Å². The number of rotatable bonds is 2. The number of fused-ring (bicyclic) bond motifs is 1. The number of nitrogens with one attached hydrogen (secondary N) is 1. The number of thioether (sulfide) groups is 1. The van der Waals surface area contributed by atoms with Gasteiger partial charge in [-0.3, -0.25) is 4.90 Å². The maximum Gasteiger partial charge on any atom is 0.0355 e. The molecule has 1 saturated heterocycles. The fraction of sp³-hybridized carbons (Fsp3) is 0.571. The van der Waals surface area contributed by atoms with Crippen LogP contribution in [0.25, 0.3) is 0 Å². The first-order valence-corrected chi connectivity index (χ1v) is 7.71. The number of benzene rings is 1. The van der Waals surface area contributed by atoms with Crippen molar-refractivity contribution < 1.29 is 0 Å². The summed E-state index contributed by atoms with van der Waals surface area (Å²) in [5.74, 6) is 0. The van der Waals surface area contributed by atoms with Crippen LogP contribution in [0.15, 0.2) is 24.3 Å². The summed E-state index contributed by atoms with van der Waals surface area (Å²) in [5.41, 5.74) is 3.08. The molecule has 3 rings (SSSR count). The molecule has 2 unspecified atom stereocenters. The van der Waals surface area contributed by atoms with Crippen molar-refractivity contribution in [2.45, 2.75) is 24.3 Å². The van der Waals surface area contributed by atoms with E-state index in [-0.39, 0.29) is 0 Å². The molecule has 1 fully saturated rings. The van der Waals surface area contributed by atoms with E-state index in [2.05, 4.69) is 40.7 Å². The van der Waals surface area contributed by atoms with Crippen LogP contribution >= 0.6 is 11.8 Å². The molecule has 1 aromatic carbocycles. The van der Waals surface area contributed by atoms with Crippen LogP contribution in [-0.4, -0.2) is 42.1 Å². The van der Waals surface area contributed by atoms with Gasteiger partial charge >= 0.3 is 0 Å². The predicted molar refractivity (Wildman–Crippen MR) is 74.5 cm³/mol. The Hall–Kier alpha value is -0.510. The first-order chi connectivity index (χ1) is 8.38. The van der Waals surface area contributed by atoms with Crippen LogP contribution in [0.5, 0.6) is 0 Å². The summed E-state index contributed by atoms with van der Waals surface area (Å²) >= 11 is 2.01. The molecular formula is C14H20N2S. The first kappa shape index (κ1) is 11.6. The predicted octanol–water partition coefficient (Wildman–Crippen LogP) is 1.75. The van der Waals surface area contributed by atoms with Crippen molar-refractivity contribution in [2.24, 2.45) is 0 Å². The summed E-state index contributed by atoms with van der Waals surface area (Å²) in [5, 5.41) is 4.30. The molecule has 92 valence electrons. The van der Waals surface area contributed by atoms with Crippen molar-refractivity contribution in [1.82, 2.24) is 10.2 Å². The van der Waals surface area contributed by atoms with E-state index in [1.54, 1.807) is 5.56 Å². The van der Waals surface area contributed by atoms with Gasteiger partial charge in [-0.25, -0.2) is 0 Å². The van der Waals surface area contributed by atoms with Crippen LogP contribution < -0.4 is 5.32 Å². The van der Waals surface area contributed by atoms with Crippen molar-refractivity contribution in [1.29, 1.82) is 0 Å². The monoisotopic (exact) mass is 248 g/mol. The van der Waals surface area contributed by atoms with Crippen LogP contribution in [0.2, 0.25) is 0 Å². The van der Waals surface area contributed by atoms with Gasteiger partial charge < -0.3 is 5.32 Å². The molecule has 17 heavy (non-hydrogen) atoms. The quantitative estimate of drug-likeness (QED) is 0.858. The molecule has 2 aliphatic heterocycles. The smallest absolute Gasteiger partial charge is 0.0355 e. The Bertz CT molecular complexity index is 394. The molecule has 3 heteroatoms. The normalized spacial score (nSPS) is 29.2. The van der Waals surface area contributed by atoms with Crippen molar-refractivity contribution in [3.63, 3.8) is 0 Å². The summed E-state index contributed by atoms with van der Waals surface area (Å²) in [4.78, 5) is 2.67. The minimum Gasteiger partial charge on any atom is -0.314 e. The van der Waals surface area contributed by atoms with Gasteiger partial charge in [0.05, 0.1) is 0 Å². The van der Waals surface area contributed by atoms with Gasteiger partial charge in [0.15, 0.2) is 0 Å². The van der Waals surface area contributed by atoms with Gasteiger partial charge in [-0.2, -0.15) is 11.8 Å². The Morgan fingerprint density at radius 2 is 2.06 bits per heavy atom. The molecule has 2 aliphatic rings. The molecule has 0 amide bonds. The molecule has 0 saturated carbocycles. The van der Waals surface area contributed by atoms with Crippen LogP contribution in [0.4, 0.5) is 0 Å². The highest BCUT2D eigenvalue weighted by Gasteiger charge is 2.32. The van der Waals surface area contributed by atoms with E-state index in [4.69, 9.17) is 0 Å². The minimum absolute atomic E-state index is 0.721. The second kappa shape index (κ2) is 5.01. The third-order valence-corrected chi connectivity index (χ3v) is 5.15. The fourth-order valence-electron chi connectivity index (χ4n) is 3.05. The lowest BCUT2D eigenvalue weighted by molar-refractivity contribution is 0.193. The molecule has 0 aliphatic carbocycles. The lowest BCUT2D eigenvalue weighted by Crippen LogP contribution is -2.44. The van der Waals surface area contributed by atoms with Gasteiger partial charge in [0, 0.05) is 37.5 Å².